The van der Waals surface area contributed by atoms with E-state index in [2.05, 4.69) is 10.00 Å². The highest BCUT2D eigenvalue weighted by Gasteiger charge is 2.28. The summed E-state index contributed by atoms with van der Waals surface area (Å²) >= 11 is 0. The van der Waals surface area contributed by atoms with Gasteiger partial charge >= 0.3 is 0 Å². The molecule has 1 fully saturated rings. The van der Waals surface area contributed by atoms with E-state index in [1.165, 1.54) is 0 Å². The van der Waals surface area contributed by atoms with Gasteiger partial charge in [-0.3, -0.25) is 4.68 Å². The normalized spacial score (nSPS) is 21.9. The molecule has 1 unspecified atom stereocenters. The van der Waals surface area contributed by atoms with Crippen LogP contribution in [0.1, 0.15) is 19.8 Å². The molecule has 2 heterocycles. The quantitative estimate of drug-likeness (QED) is 0.685. The number of likely N-dealkylation sites (tertiary alicyclic amines) is 1. The highest BCUT2D eigenvalue weighted by atomic mass is 16.3. The minimum absolute atomic E-state index is 0.449. The molecule has 0 amide bonds. The van der Waals surface area contributed by atoms with Crippen molar-refractivity contribution in [1.82, 2.24) is 14.7 Å². The molecule has 1 aliphatic rings. The van der Waals surface area contributed by atoms with Gasteiger partial charge in [-0.05, 0) is 19.8 Å². The van der Waals surface area contributed by atoms with Crippen LogP contribution >= 0.6 is 0 Å². The van der Waals surface area contributed by atoms with E-state index in [1.54, 1.807) is 17.1 Å². The highest BCUT2D eigenvalue weighted by Crippen LogP contribution is 2.21. The lowest BCUT2D eigenvalue weighted by molar-refractivity contribution is -0.0176. The average Bonchev–Trinajstić information content (AvgIpc) is 2.67. The Kier molecular flexibility index (Phi) is 3.89. The summed E-state index contributed by atoms with van der Waals surface area (Å²) in [6.45, 7) is 4.57. The molecule has 0 aliphatic carbocycles. The maximum Gasteiger partial charge on any atom is 0.0862 e. The van der Waals surface area contributed by atoms with Crippen molar-refractivity contribution in [2.45, 2.75) is 38.0 Å². The van der Waals surface area contributed by atoms with Gasteiger partial charge in [0.05, 0.1) is 30.1 Å². The number of aromatic nitrogens is 2. The van der Waals surface area contributed by atoms with Gasteiger partial charge in [0.25, 0.3) is 0 Å². The predicted molar refractivity (Wildman–Crippen MR) is 68.9 cm³/mol. The lowest BCUT2D eigenvalue weighted by atomic mass is 9.94. The van der Waals surface area contributed by atoms with Crippen LogP contribution < -0.4 is 5.73 Å². The van der Waals surface area contributed by atoms with E-state index in [0.29, 0.717) is 18.8 Å². The average molecular weight is 254 g/mol. The smallest absolute Gasteiger partial charge is 0.0862 e. The number of hydrogen-bond donors (Lipinski definition) is 3. The third kappa shape index (κ3) is 3.69. The van der Waals surface area contributed by atoms with Gasteiger partial charge < -0.3 is 20.8 Å². The molecule has 0 spiro atoms. The van der Waals surface area contributed by atoms with Crippen molar-refractivity contribution in [3.63, 3.8) is 0 Å². The zero-order valence-corrected chi connectivity index (χ0v) is 10.8. The summed E-state index contributed by atoms with van der Waals surface area (Å²) in [5, 5.41) is 23.9. The van der Waals surface area contributed by atoms with E-state index >= 15 is 0 Å². The zero-order valence-electron chi connectivity index (χ0n) is 10.8. The fourth-order valence-electron chi connectivity index (χ4n) is 2.27. The van der Waals surface area contributed by atoms with Gasteiger partial charge in [0.15, 0.2) is 0 Å². The van der Waals surface area contributed by atoms with Crippen molar-refractivity contribution < 1.29 is 10.2 Å². The lowest BCUT2D eigenvalue weighted by Crippen LogP contribution is -2.45. The molecule has 0 aromatic carbocycles. The summed E-state index contributed by atoms with van der Waals surface area (Å²) < 4.78 is 1.65. The first-order valence-corrected chi connectivity index (χ1v) is 6.35. The molecule has 1 aromatic rings. The van der Waals surface area contributed by atoms with Crippen molar-refractivity contribution in [2.24, 2.45) is 0 Å². The summed E-state index contributed by atoms with van der Waals surface area (Å²) in [7, 11) is 0. The maximum absolute atomic E-state index is 9.99. The standard InChI is InChI=1S/C12H22N4O2/c1-12(18)2-4-15(5-3-12)8-11(17)9-16-7-10(13)6-14-16/h6-7,11,17-18H,2-5,8-9,13H2,1H3. The Morgan fingerprint density at radius 1 is 1.44 bits per heavy atom. The van der Waals surface area contributed by atoms with Crippen LogP contribution in [0.25, 0.3) is 0 Å². The molecule has 1 aromatic heterocycles. The number of β-amino-alcohol motifs (C(OH)–C–C–N with tert-alkyl or cyclic N) is 1. The molecule has 0 bridgehead atoms. The van der Waals surface area contributed by atoms with Crippen LogP contribution in [0, 0.1) is 0 Å². The number of nitrogens with zero attached hydrogens (tertiary/aromatic N) is 3. The highest BCUT2D eigenvalue weighted by molar-refractivity contribution is 5.30. The molecule has 1 aliphatic heterocycles. The number of nitrogens with two attached hydrogens (primary N) is 1. The minimum atomic E-state index is -0.544. The van der Waals surface area contributed by atoms with E-state index < -0.39 is 11.7 Å². The van der Waals surface area contributed by atoms with Crippen molar-refractivity contribution in [1.29, 1.82) is 0 Å². The zero-order chi connectivity index (χ0) is 13.2. The second-order valence-electron chi connectivity index (χ2n) is 5.45. The Balaban J connectivity index is 1.76. The van der Waals surface area contributed by atoms with Crippen molar-refractivity contribution in [2.75, 3.05) is 25.4 Å². The van der Waals surface area contributed by atoms with Crippen molar-refractivity contribution in [3.05, 3.63) is 12.4 Å². The van der Waals surface area contributed by atoms with Crippen LogP contribution in [-0.2, 0) is 6.54 Å². The first-order chi connectivity index (χ1) is 8.44. The number of anilines is 1. The molecular formula is C12H22N4O2. The molecule has 0 radical (unpaired) electrons. The Labute approximate surface area is 107 Å². The van der Waals surface area contributed by atoms with Crippen LogP contribution in [0.3, 0.4) is 0 Å². The molecule has 18 heavy (non-hydrogen) atoms. The minimum Gasteiger partial charge on any atom is -0.396 e. The van der Waals surface area contributed by atoms with E-state index in [9.17, 15) is 10.2 Å². The summed E-state index contributed by atoms with van der Waals surface area (Å²) in [5.41, 5.74) is 5.63. The van der Waals surface area contributed by atoms with Crippen LogP contribution in [0.5, 0.6) is 0 Å². The molecule has 2 rings (SSSR count). The number of nitrogen functional groups attached to an aromatic ring is 1. The SMILES string of the molecule is CC1(O)CCN(CC(O)Cn2cc(N)cn2)CC1. The number of rotatable bonds is 4. The molecule has 6 heteroatoms. The fourth-order valence-corrected chi connectivity index (χ4v) is 2.27. The Morgan fingerprint density at radius 2 is 2.11 bits per heavy atom. The molecule has 102 valence electrons. The van der Waals surface area contributed by atoms with E-state index in [4.69, 9.17) is 5.73 Å². The molecular weight excluding hydrogens is 232 g/mol. The Hall–Kier alpha value is -1.11. The second-order valence-corrected chi connectivity index (χ2v) is 5.45. The van der Waals surface area contributed by atoms with E-state index in [1.807, 2.05) is 6.92 Å². The largest absolute Gasteiger partial charge is 0.396 e. The van der Waals surface area contributed by atoms with Crippen molar-refractivity contribution in [3.8, 4) is 0 Å². The summed E-state index contributed by atoms with van der Waals surface area (Å²) in [5.74, 6) is 0. The Morgan fingerprint density at radius 3 is 2.67 bits per heavy atom. The van der Waals surface area contributed by atoms with Gasteiger partial charge in [-0.15, -0.1) is 0 Å². The lowest BCUT2D eigenvalue weighted by Gasteiger charge is -2.36. The van der Waals surface area contributed by atoms with Crippen molar-refractivity contribution >= 4 is 5.69 Å². The predicted octanol–water partition coefficient (Wildman–Crippen LogP) is -0.327. The first-order valence-electron chi connectivity index (χ1n) is 6.35. The first kappa shape index (κ1) is 13.3. The number of aliphatic hydroxyl groups is 2. The van der Waals surface area contributed by atoms with Crippen LogP contribution in [0.2, 0.25) is 0 Å². The monoisotopic (exact) mass is 254 g/mol. The van der Waals surface area contributed by atoms with Crippen LogP contribution in [0.4, 0.5) is 5.69 Å². The van der Waals surface area contributed by atoms with Gasteiger partial charge in [-0.2, -0.15) is 5.10 Å². The number of piperidine rings is 1. The molecule has 4 N–H and O–H groups in total. The van der Waals surface area contributed by atoms with E-state index in [0.717, 1.165) is 25.9 Å². The molecule has 1 atom stereocenters. The molecule has 6 nitrogen and oxygen atoms in total. The van der Waals surface area contributed by atoms with Gasteiger partial charge in [-0.25, -0.2) is 0 Å². The van der Waals surface area contributed by atoms with Gasteiger partial charge in [-0.1, -0.05) is 0 Å². The Bertz CT molecular complexity index is 381. The third-order valence-electron chi connectivity index (χ3n) is 3.45. The summed E-state index contributed by atoms with van der Waals surface area (Å²) in [6, 6.07) is 0. The number of hydrogen-bond acceptors (Lipinski definition) is 5. The van der Waals surface area contributed by atoms with E-state index in [-0.39, 0.29) is 0 Å². The fraction of sp³-hybridized carbons (Fsp3) is 0.750. The second kappa shape index (κ2) is 5.26. The maximum atomic E-state index is 9.99. The summed E-state index contributed by atoms with van der Waals surface area (Å²) in [6.07, 6.45) is 4.34. The van der Waals surface area contributed by atoms with Gasteiger partial charge in [0, 0.05) is 25.8 Å². The molecule has 0 saturated carbocycles. The molecule has 1 saturated heterocycles. The van der Waals surface area contributed by atoms with Crippen LogP contribution in [0.15, 0.2) is 12.4 Å². The van der Waals surface area contributed by atoms with Gasteiger partial charge in [0.1, 0.15) is 0 Å². The summed E-state index contributed by atoms with van der Waals surface area (Å²) in [4.78, 5) is 2.18. The third-order valence-corrected chi connectivity index (χ3v) is 3.45. The number of aliphatic hydroxyl groups excluding tert-OH is 1. The van der Waals surface area contributed by atoms with Crippen LogP contribution in [-0.4, -0.2) is 56.2 Å². The topological polar surface area (TPSA) is 87.5 Å². The van der Waals surface area contributed by atoms with Gasteiger partial charge in [0.2, 0.25) is 0 Å².